The number of ether oxygens (including phenoxy) is 1. The third-order valence-electron chi connectivity index (χ3n) is 2.62. The Hall–Kier alpha value is -1.55. The molecule has 0 unspecified atom stereocenters. The van der Waals surface area contributed by atoms with E-state index in [2.05, 4.69) is 0 Å². The predicted octanol–water partition coefficient (Wildman–Crippen LogP) is -1.52. The Kier molecular flexibility index (Phi) is 4.35. The van der Waals surface area contributed by atoms with Gasteiger partial charge in [0.15, 0.2) is 0 Å². The fourth-order valence-electron chi connectivity index (χ4n) is 1.72. The van der Waals surface area contributed by atoms with Crippen LogP contribution in [0.1, 0.15) is 12.6 Å². The Bertz CT molecular complexity index is 528. The van der Waals surface area contributed by atoms with Crippen LogP contribution in [0.3, 0.4) is 0 Å². The quantitative estimate of drug-likeness (QED) is 0.511. The van der Waals surface area contributed by atoms with Crippen molar-refractivity contribution in [2.75, 3.05) is 6.61 Å². The highest BCUT2D eigenvalue weighted by Crippen LogP contribution is 2.26. The van der Waals surface area contributed by atoms with Crippen LogP contribution in [-0.4, -0.2) is 38.6 Å². The maximum absolute atomic E-state index is 13.0. The smallest absolute Gasteiger partial charge is 0.330 e. The summed E-state index contributed by atoms with van der Waals surface area (Å²) in [5.41, 5.74) is -1.93. The summed E-state index contributed by atoms with van der Waals surface area (Å²) in [4.78, 5) is 24.0. The molecule has 0 spiro atoms. The van der Waals surface area contributed by atoms with Gasteiger partial charge in [0, 0.05) is 6.42 Å². The number of nitrogens with zero attached hydrogens (tertiary/aromatic N) is 1. The monoisotopic (exact) mass is 263 g/mol. The average molecular weight is 263 g/mol. The van der Waals surface area contributed by atoms with Crippen molar-refractivity contribution in [3.05, 3.63) is 32.9 Å². The zero-order chi connectivity index (χ0) is 12.6. The lowest BCUT2D eigenvalue weighted by Crippen LogP contribution is -2.34. The van der Waals surface area contributed by atoms with Crippen LogP contribution in [0.25, 0.3) is 0 Å². The minimum atomic E-state index is -1.12. The molecule has 0 bridgehead atoms. The highest BCUT2D eigenvalue weighted by atomic mass is 19.1. The minimum Gasteiger partial charge on any atom is -0.394 e. The number of H-pyrrole nitrogens is 1. The summed E-state index contributed by atoms with van der Waals surface area (Å²) in [7, 11) is 0. The van der Waals surface area contributed by atoms with Crippen molar-refractivity contribution in [2.45, 2.75) is 24.9 Å². The fourth-order valence-corrected chi connectivity index (χ4v) is 1.72. The molecule has 0 aromatic carbocycles. The highest BCUT2D eigenvalue weighted by Gasteiger charge is 2.35. The van der Waals surface area contributed by atoms with Gasteiger partial charge in [-0.15, -0.1) is 0 Å². The number of aromatic amines is 1. The van der Waals surface area contributed by atoms with E-state index < -0.39 is 42.1 Å². The standard InChI is InChI=1S/C9H11FN2O5.H3N/c10-4-2-12(9(16)11-8(4)15)7-1-5(14)6(3-13)17-7;/h2,5-7,13-14H,1,3H2,(H,11,15,16);1H3/t5-,6+,7+;/m0./s1. The molecule has 9 heteroatoms. The molecule has 0 aliphatic carbocycles. The second kappa shape index (κ2) is 5.40. The van der Waals surface area contributed by atoms with Crippen molar-refractivity contribution in [3.8, 4) is 0 Å². The molecule has 0 radical (unpaired) electrons. The second-order valence-corrected chi connectivity index (χ2v) is 3.76. The van der Waals surface area contributed by atoms with E-state index in [1.165, 1.54) is 0 Å². The molecular weight excluding hydrogens is 249 g/mol. The van der Waals surface area contributed by atoms with Crippen LogP contribution >= 0.6 is 0 Å². The van der Waals surface area contributed by atoms with Crippen molar-refractivity contribution in [3.63, 3.8) is 0 Å². The molecule has 1 saturated heterocycles. The van der Waals surface area contributed by atoms with Gasteiger partial charge in [-0.25, -0.2) is 4.79 Å². The van der Waals surface area contributed by atoms with Crippen LogP contribution in [0.4, 0.5) is 4.39 Å². The molecule has 6 N–H and O–H groups in total. The maximum atomic E-state index is 13.0. The Morgan fingerprint density at radius 1 is 1.56 bits per heavy atom. The molecule has 1 aliphatic rings. The average Bonchev–Trinajstić information content (AvgIpc) is 2.65. The summed E-state index contributed by atoms with van der Waals surface area (Å²) in [6.45, 7) is -0.405. The third-order valence-corrected chi connectivity index (χ3v) is 2.62. The lowest BCUT2D eigenvalue weighted by atomic mass is 10.2. The molecule has 8 nitrogen and oxygen atoms in total. The first kappa shape index (κ1) is 14.5. The van der Waals surface area contributed by atoms with E-state index in [9.17, 15) is 19.1 Å². The lowest BCUT2D eigenvalue weighted by Gasteiger charge is -2.13. The van der Waals surface area contributed by atoms with Crippen LogP contribution < -0.4 is 17.4 Å². The summed E-state index contributed by atoms with van der Waals surface area (Å²) < 4.78 is 19.0. The van der Waals surface area contributed by atoms with Crippen LogP contribution in [0.5, 0.6) is 0 Å². The Morgan fingerprint density at radius 2 is 2.22 bits per heavy atom. The van der Waals surface area contributed by atoms with Gasteiger partial charge in [-0.05, 0) is 0 Å². The molecule has 1 aliphatic heterocycles. The van der Waals surface area contributed by atoms with E-state index in [4.69, 9.17) is 9.84 Å². The van der Waals surface area contributed by atoms with Crippen molar-refractivity contribution >= 4 is 0 Å². The molecule has 1 aromatic rings. The number of aliphatic hydroxyl groups is 2. The SMILES string of the molecule is N.O=c1[nH]c(=O)n([C@H]2C[C@H](O)[C@@H](CO)O2)cc1F. The van der Waals surface area contributed by atoms with Crippen molar-refractivity contribution in [1.29, 1.82) is 0 Å². The van der Waals surface area contributed by atoms with Crippen LogP contribution in [0.15, 0.2) is 15.8 Å². The Morgan fingerprint density at radius 3 is 2.78 bits per heavy atom. The number of nitrogens with one attached hydrogen (secondary N) is 1. The molecule has 2 rings (SSSR count). The lowest BCUT2D eigenvalue weighted by molar-refractivity contribution is -0.0462. The van der Waals surface area contributed by atoms with Gasteiger partial charge in [0.25, 0.3) is 5.56 Å². The number of halogens is 1. The highest BCUT2D eigenvalue weighted by molar-refractivity contribution is 4.90. The molecule has 3 atom stereocenters. The van der Waals surface area contributed by atoms with Crippen LogP contribution in [0.2, 0.25) is 0 Å². The molecule has 1 aromatic heterocycles. The van der Waals surface area contributed by atoms with Crippen molar-refractivity contribution < 1.29 is 19.3 Å². The van der Waals surface area contributed by atoms with E-state index in [1.807, 2.05) is 0 Å². The Balaban J connectivity index is 0.00000162. The molecule has 0 saturated carbocycles. The summed E-state index contributed by atoms with van der Waals surface area (Å²) >= 11 is 0. The Labute approximate surface area is 100 Å². The molecule has 1 fully saturated rings. The molecular formula is C9H14FN3O5. The molecule has 102 valence electrons. The van der Waals surface area contributed by atoms with Gasteiger partial charge < -0.3 is 21.1 Å². The minimum absolute atomic E-state index is 0. The molecule has 0 amide bonds. The molecule has 2 heterocycles. The zero-order valence-electron chi connectivity index (χ0n) is 9.38. The van der Waals surface area contributed by atoms with E-state index in [0.717, 1.165) is 10.8 Å². The van der Waals surface area contributed by atoms with Gasteiger partial charge in [0.05, 0.1) is 18.9 Å². The summed E-state index contributed by atoms with van der Waals surface area (Å²) in [6.07, 6.45) is -1.90. The predicted molar refractivity (Wildman–Crippen MR) is 57.9 cm³/mol. The van der Waals surface area contributed by atoms with Gasteiger partial charge in [-0.2, -0.15) is 4.39 Å². The number of rotatable bonds is 2. The van der Waals surface area contributed by atoms with E-state index in [1.54, 1.807) is 4.98 Å². The van der Waals surface area contributed by atoms with Gasteiger partial charge in [-0.1, -0.05) is 0 Å². The topological polar surface area (TPSA) is 140 Å². The van der Waals surface area contributed by atoms with E-state index in [-0.39, 0.29) is 12.6 Å². The summed E-state index contributed by atoms with van der Waals surface area (Å²) in [6, 6.07) is 0. The largest absolute Gasteiger partial charge is 0.394 e. The zero-order valence-corrected chi connectivity index (χ0v) is 9.38. The summed E-state index contributed by atoms with van der Waals surface area (Å²) in [5.74, 6) is -1.12. The molecule has 18 heavy (non-hydrogen) atoms. The first-order valence-corrected chi connectivity index (χ1v) is 4.98. The van der Waals surface area contributed by atoms with Gasteiger partial charge >= 0.3 is 5.69 Å². The first-order chi connectivity index (χ1) is 8.02. The number of aliphatic hydroxyl groups excluding tert-OH is 2. The van der Waals surface area contributed by atoms with Crippen molar-refractivity contribution in [1.82, 2.24) is 15.7 Å². The normalized spacial score (nSPS) is 26.9. The first-order valence-electron chi connectivity index (χ1n) is 4.98. The number of hydrogen-bond acceptors (Lipinski definition) is 6. The maximum Gasteiger partial charge on any atom is 0.330 e. The van der Waals surface area contributed by atoms with Gasteiger partial charge in [0.1, 0.15) is 12.3 Å². The fraction of sp³-hybridized carbons (Fsp3) is 0.556. The van der Waals surface area contributed by atoms with E-state index in [0.29, 0.717) is 0 Å². The summed E-state index contributed by atoms with van der Waals surface area (Å²) in [5, 5.41) is 18.3. The van der Waals surface area contributed by atoms with Crippen LogP contribution in [0, 0.1) is 5.82 Å². The van der Waals surface area contributed by atoms with Crippen molar-refractivity contribution in [2.24, 2.45) is 0 Å². The van der Waals surface area contributed by atoms with Gasteiger partial charge in [-0.3, -0.25) is 14.3 Å². The number of aromatic nitrogens is 2. The van der Waals surface area contributed by atoms with E-state index >= 15 is 0 Å². The third kappa shape index (κ3) is 2.48. The van der Waals surface area contributed by atoms with Gasteiger partial charge in [0.2, 0.25) is 5.82 Å². The number of hydrogen-bond donors (Lipinski definition) is 4. The second-order valence-electron chi connectivity index (χ2n) is 3.76. The van der Waals surface area contributed by atoms with Crippen LogP contribution in [-0.2, 0) is 4.74 Å².